The maximum atomic E-state index is 11.8. The minimum absolute atomic E-state index is 0.0813. The second-order valence-corrected chi connectivity index (χ2v) is 4.76. The first-order valence-corrected chi connectivity index (χ1v) is 6.86. The van der Waals surface area contributed by atoms with Gasteiger partial charge in [-0.25, -0.2) is 4.79 Å². The molecule has 0 aliphatic rings. The molecule has 0 fully saturated rings. The van der Waals surface area contributed by atoms with Gasteiger partial charge in [-0.2, -0.15) is 0 Å². The number of esters is 1. The van der Waals surface area contributed by atoms with Crippen LogP contribution in [-0.4, -0.2) is 28.2 Å². The smallest absolute Gasteiger partial charge is 0.338 e. The first kappa shape index (κ1) is 15.3. The Morgan fingerprint density at radius 3 is 2.62 bits per heavy atom. The lowest BCUT2D eigenvalue weighted by Crippen LogP contribution is -2.03. The van der Waals surface area contributed by atoms with Crippen LogP contribution in [0, 0.1) is 10.1 Å². The number of ether oxygens (including phenoxy) is 1. The number of hydrogen-bond donors (Lipinski definition) is 0. The van der Waals surface area contributed by atoms with Crippen LogP contribution < -0.4 is 0 Å². The highest BCUT2D eigenvalue weighted by molar-refractivity contribution is 5.96. The van der Waals surface area contributed by atoms with Gasteiger partial charge < -0.3 is 9.15 Å². The normalized spacial score (nSPS) is 10.4. The second-order valence-electron chi connectivity index (χ2n) is 4.76. The molecule has 0 N–H and O–H groups in total. The lowest BCUT2D eigenvalue weighted by atomic mass is 10.1. The lowest BCUT2D eigenvalue weighted by molar-refractivity contribution is -0.384. The maximum Gasteiger partial charge on any atom is 0.338 e. The standard InChI is InChI=1S/C16H11N3O5/c1-23-16(20)13-8-3-2-7-12(13)15-18-17-14(24-15)10-5-4-6-11(9-10)19(21)22/h2-9H,1H3. The minimum Gasteiger partial charge on any atom is -0.465 e. The topological polar surface area (TPSA) is 108 Å². The zero-order chi connectivity index (χ0) is 17.1. The van der Waals surface area contributed by atoms with Gasteiger partial charge in [-0.15, -0.1) is 10.2 Å². The van der Waals surface area contributed by atoms with Crippen LogP contribution in [0.1, 0.15) is 10.4 Å². The molecule has 8 heteroatoms. The van der Waals surface area contributed by atoms with Gasteiger partial charge in [0.05, 0.1) is 23.2 Å². The fourth-order valence-electron chi connectivity index (χ4n) is 2.16. The largest absolute Gasteiger partial charge is 0.465 e. The third-order valence-electron chi connectivity index (χ3n) is 3.29. The number of hydrogen-bond acceptors (Lipinski definition) is 7. The Hall–Kier alpha value is -3.55. The lowest BCUT2D eigenvalue weighted by Gasteiger charge is -2.03. The number of rotatable bonds is 4. The van der Waals surface area contributed by atoms with E-state index in [-0.39, 0.29) is 23.0 Å². The SMILES string of the molecule is COC(=O)c1ccccc1-c1nnc(-c2cccc([N+](=O)[O-])c2)o1. The molecule has 24 heavy (non-hydrogen) atoms. The van der Waals surface area contributed by atoms with Gasteiger partial charge in [0, 0.05) is 17.7 Å². The van der Waals surface area contributed by atoms with Crippen molar-refractivity contribution in [1.29, 1.82) is 0 Å². The van der Waals surface area contributed by atoms with E-state index in [2.05, 4.69) is 10.2 Å². The Morgan fingerprint density at radius 2 is 1.88 bits per heavy atom. The maximum absolute atomic E-state index is 11.8. The summed E-state index contributed by atoms with van der Waals surface area (Å²) in [6.45, 7) is 0. The van der Waals surface area contributed by atoms with Gasteiger partial charge in [-0.05, 0) is 18.2 Å². The summed E-state index contributed by atoms with van der Waals surface area (Å²) in [6.07, 6.45) is 0. The molecule has 0 unspecified atom stereocenters. The van der Waals surface area contributed by atoms with Crippen molar-refractivity contribution in [2.75, 3.05) is 7.11 Å². The molecule has 3 aromatic rings. The van der Waals surface area contributed by atoms with Gasteiger partial charge in [0.15, 0.2) is 0 Å². The van der Waals surface area contributed by atoms with E-state index in [4.69, 9.17) is 9.15 Å². The van der Waals surface area contributed by atoms with E-state index in [1.807, 2.05) is 0 Å². The van der Waals surface area contributed by atoms with Crippen LogP contribution in [0.4, 0.5) is 5.69 Å². The van der Waals surface area contributed by atoms with E-state index >= 15 is 0 Å². The molecule has 3 rings (SSSR count). The molecule has 0 radical (unpaired) electrons. The number of nitro groups is 1. The Morgan fingerprint density at radius 1 is 1.12 bits per heavy atom. The predicted octanol–water partition coefficient (Wildman–Crippen LogP) is 3.10. The van der Waals surface area contributed by atoms with Crippen molar-refractivity contribution in [2.24, 2.45) is 0 Å². The van der Waals surface area contributed by atoms with E-state index in [0.717, 1.165) is 0 Å². The van der Waals surface area contributed by atoms with Crippen molar-refractivity contribution in [2.45, 2.75) is 0 Å². The van der Waals surface area contributed by atoms with Crippen molar-refractivity contribution >= 4 is 11.7 Å². The monoisotopic (exact) mass is 325 g/mol. The zero-order valence-electron chi connectivity index (χ0n) is 12.5. The van der Waals surface area contributed by atoms with Gasteiger partial charge in [0.25, 0.3) is 5.69 Å². The van der Waals surface area contributed by atoms with Gasteiger partial charge >= 0.3 is 5.97 Å². The summed E-state index contributed by atoms with van der Waals surface area (Å²) >= 11 is 0. The molecule has 0 saturated heterocycles. The number of non-ortho nitro benzene ring substituents is 1. The van der Waals surface area contributed by atoms with Gasteiger partial charge in [0.1, 0.15) is 0 Å². The summed E-state index contributed by atoms with van der Waals surface area (Å²) in [6, 6.07) is 12.5. The Balaban J connectivity index is 2.02. The average Bonchev–Trinajstić information content (AvgIpc) is 3.11. The molecule has 0 amide bonds. The molecule has 1 heterocycles. The van der Waals surface area contributed by atoms with Crippen LogP contribution in [0.2, 0.25) is 0 Å². The molecule has 0 bridgehead atoms. The third-order valence-corrected chi connectivity index (χ3v) is 3.29. The quantitative estimate of drug-likeness (QED) is 0.412. The van der Waals surface area contributed by atoms with E-state index in [1.165, 1.54) is 25.3 Å². The van der Waals surface area contributed by atoms with Gasteiger partial charge in [0.2, 0.25) is 11.8 Å². The molecular weight excluding hydrogens is 314 g/mol. The summed E-state index contributed by atoms with van der Waals surface area (Å²) in [4.78, 5) is 22.2. The molecule has 0 aliphatic carbocycles. The average molecular weight is 325 g/mol. The Bertz CT molecular complexity index is 919. The highest BCUT2D eigenvalue weighted by Crippen LogP contribution is 2.28. The molecular formula is C16H11N3O5. The molecule has 0 aliphatic heterocycles. The highest BCUT2D eigenvalue weighted by Gasteiger charge is 2.19. The highest BCUT2D eigenvalue weighted by atomic mass is 16.6. The van der Waals surface area contributed by atoms with Crippen LogP contribution >= 0.6 is 0 Å². The van der Waals surface area contributed by atoms with Crippen LogP contribution in [0.25, 0.3) is 22.9 Å². The molecule has 2 aromatic carbocycles. The molecule has 120 valence electrons. The van der Waals surface area contributed by atoms with Crippen molar-refractivity contribution in [3.8, 4) is 22.9 Å². The zero-order valence-corrected chi connectivity index (χ0v) is 12.5. The van der Waals surface area contributed by atoms with Crippen LogP contribution in [0.5, 0.6) is 0 Å². The Kier molecular flexibility index (Phi) is 4.02. The fraction of sp³-hybridized carbons (Fsp3) is 0.0625. The first-order valence-electron chi connectivity index (χ1n) is 6.86. The van der Waals surface area contributed by atoms with Crippen molar-refractivity contribution in [1.82, 2.24) is 10.2 Å². The van der Waals surface area contributed by atoms with Gasteiger partial charge in [-0.3, -0.25) is 10.1 Å². The fourth-order valence-corrected chi connectivity index (χ4v) is 2.16. The van der Waals surface area contributed by atoms with E-state index < -0.39 is 10.9 Å². The van der Waals surface area contributed by atoms with Crippen molar-refractivity contribution in [3.63, 3.8) is 0 Å². The van der Waals surface area contributed by atoms with Gasteiger partial charge in [-0.1, -0.05) is 18.2 Å². The summed E-state index contributed by atoms with van der Waals surface area (Å²) in [5.74, 6) is -0.286. The number of aromatic nitrogens is 2. The number of nitro benzene ring substituents is 1. The predicted molar refractivity (Wildman–Crippen MR) is 83.2 cm³/mol. The molecule has 0 atom stereocenters. The van der Waals surface area contributed by atoms with Crippen molar-refractivity contribution in [3.05, 3.63) is 64.2 Å². The summed E-state index contributed by atoms with van der Waals surface area (Å²) in [7, 11) is 1.28. The first-order chi connectivity index (χ1) is 11.6. The number of nitrogens with zero attached hydrogens (tertiary/aromatic N) is 3. The molecule has 0 saturated carbocycles. The summed E-state index contributed by atoms with van der Waals surface area (Å²) in [5.41, 5.74) is 1.04. The number of methoxy groups -OCH3 is 1. The Labute approximate surface area is 135 Å². The van der Waals surface area contributed by atoms with Crippen LogP contribution in [0.15, 0.2) is 52.9 Å². The van der Waals surface area contributed by atoms with Crippen molar-refractivity contribution < 1.29 is 18.9 Å². The molecule has 8 nitrogen and oxygen atoms in total. The number of benzene rings is 2. The third kappa shape index (κ3) is 2.84. The van der Waals surface area contributed by atoms with E-state index in [0.29, 0.717) is 11.1 Å². The summed E-state index contributed by atoms with van der Waals surface area (Å²) in [5, 5.41) is 18.7. The minimum atomic E-state index is -0.527. The second kappa shape index (κ2) is 6.29. The molecule has 1 aromatic heterocycles. The van der Waals surface area contributed by atoms with E-state index in [1.54, 1.807) is 30.3 Å². The van der Waals surface area contributed by atoms with E-state index in [9.17, 15) is 14.9 Å². The van der Waals surface area contributed by atoms with Crippen LogP contribution in [-0.2, 0) is 4.74 Å². The molecule has 0 spiro atoms. The number of carbonyl (C=O) groups excluding carboxylic acids is 1. The summed E-state index contributed by atoms with van der Waals surface area (Å²) < 4.78 is 10.3. The van der Waals surface area contributed by atoms with Crippen LogP contribution in [0.3, 0.4) is 0 Å². The number of carbonyl (C=O) groups is 1.